The quantitative estimate of drug-likeness (QED) is 0.330. The van der Waals surface area contributed by atoms with Crippen LogP contribution in [0.25, 0.3) is 0 Å². The van der Waals surface area contributed by atoms with E-state index in [1.165, 1.54) is 5.56 Å². The normalized spacial score (nSPS) is 14.8. The number of carbonyl (C=O) groups is 1. The first-order valence-corrected chi connectivity index (χ1v) is 6.36. The maximum Gasteiger partial charge on any atom is 0.238 e. The zero-order valence-corrected chi connectivity index (χ0v) is 11.6. The van der Waals surface area contributed by atoms with Gasteiger partial charge in [0.2, 0.25) is 5.91 Å². The van der Waals surface area contributed by atoms with Gasteiger partial charge in [-0.15, -0.1) is 0 Å². The molecule has 1 atom stereocenters. The molecule has 1 unspecified atom stereocenters. The van der Waals surface area contributed by atoms with Crippen molar-refractivity contribution in [1.82, 2.24) is 0 Å². The van der Waals surface area contributed by atoms with Crippen molar-refractivity contribution >= 4 is 17.4 Å². The number of nitrogens with one attached hydrogen (secondary N) is 1. The van der Waals surface area contributed by atoms with Crippen molar-refractivity contribution in [3.8, 4) is 0 Å². The van der Waals surface area contributed by atoms with Crippen molar-refractivity contribution in [2.45, 2.75) is 33.6 Å². The first-order valence-electron chi connectivity index (χ1n) is 6.36. The molecule has 5 nitrogen and oxygen atoms in total. The van der Waals surface area contributed by atoms with E-state index in [-0.39, 0.29) is 11.7 Å². The summed E-state index contributed by atoms with van der Waals surface area (Å²) in [5, 5.41) is 14.5. The van der Waals surface area contributed by atoms with Crippen molar-refractivity contribution in [3.05, 3.63) is 29.8 Å². The van der Waals surface area contributed by atoms with Crippen LogP contribution in [-0.4, -0.2) is 17.0 Å². The van der Waals surface area contributed by atoms with Gasteiger partial charge in [0.15, 0.2) is 5.84 Å². The van der Waals surface area contributed by atoms with Gasteiger partial charge in [-0.25, -0.2) is 0 Å². The van der Waals surface area contributed by atoms with Crippen LogP contribution in [0.5, 0.6) is 0 Å². The molecule has 0 aliphatic rings. The Bertz CT molecular complexity index is 468. The van der Waals surface area contributed by atoms with Gasteiger partial charge in [-0.1, -0.05) is 31.1 Å². The maximum absolute atomic E-state index is 12.2. The molecule has 0 bridgehead atoms. The van der Waals surface area contributed by atoms with E-state index in [1.54, 1.807) is 6.92 Å². The van der Waals surface area contributed by atoms with Crippen LogP contribution in [0.3, 0.4) is 0 Å². The summed E-state index contributed by atoms with van der Waals surface area (Å²) in [6.07, 6.45) is 1.40. The molecule has 19 heavy (non-hydrogen) atoms. The van der Waals surface area contributed by atoms with Crippen LogP contribution >= 0.6 is 0 Å². The number of rotatable bonds is 5. The molecule has 5 heteroatoms. The van der Waals surface area contributed by atoms with E-state index >= 15 is 0 Å². The van der Waals surface area contributed by atoms with Gasteiger partial charge < -0.3 is 16.3 Å². The molecular weight excluding hydrogens is 242 g/mol. The Hall–Kier alpha value is -2.04. The van der Waals surface area contributed by atoms with Gasteiger partial charge in [0.25, 0.3) is 0 Å². The molecule has 104 valence electrons. The number of nitrogens with two attached hydrogens (primary N) is 1. The third-order valence-electron chi connectivity index (χ3n) is 3.50. The predicted molar refractivity (Wildman–Crippen MR) is 76.3 cm³/mol. The van der Waals surface area contributed by atoms with Gasteiger partial charge >= 0.3 is 0 Å². The number of oxime groups is 1. The summed E-state index contributed by atoms with van der Waals surface area (Å²) in [5.74, 6) is -0.368. The molecule has 0 saturated heterocycles. The highest BCUT2D eigenvalue weighted by molar-refractivity contribution is 6.11. The molecule has 0 spiro atoms. The number of carbonyl (C=O) groups excluding carboxylic acids is 1. The van der Waals surface area contributed by atoms with E-state index in [1.807, 2.05) is 31.2 Å². The number of anilines is 1. The second-order valence-corrected chi connectivity index (χ2v) is 4.68. The smallest absolute Gasteiger partial charge is 0.238 e. The Morgan fingerprint density at radius 2 is 1.95 bits per heavy atom. The number of hydrogen-bond acceptors (Lipinski definition) is 3. The monoisotopic (exact) mass is 263 g/mol. The van der Waals surface area contributed by atoms with Crippen molar-refractivity contribution < 1.29 is 10.0 Å². The van der Waals surface area contributed by atoms with E-state index in [9.17, 15) is 4.79 Å². The Kier molecular flexibility index (Phi) is 4.92. The minimum atomic E-state index is -1.02. The first-order chi connectivity index (χ1) is 8.97. The second kappa shape index (κ2) is 6.22. The lowest BCUT2D eigenvalue weighted by Crippen LogP contribution is -2.44. The minimum absolute atomic E-state index is 0.0855. The third-order valence-corrected chi connectivity index (χ3v) is 3.50. The van der Waals surface area contributed by atoms with Crippen LogP contribution in [0.2, 0.25) is 0 Å². The van der Waals surface area contributed by atoms with Gasteiger partial charge in [0.1, 0.15) is 5.41 Å². The SMILES string of the molecule is CCc1ccc(NC(=O)C(C)(CC)/C(N)=N/O)cc1. The number of hydrogen-bond donors (Lipinski definition) is 3. The predicted octanol–water partition coefficient (Wildman–Crippen LogP) is 2.35. The van der Waals surface area contributed by atoms with Crippen molar-refractivity contribution in [2.24, 2.45) is 16.3 Å². The number of amides is 1. The molecule has 0 radical (unpaired) electrons. The van der Waals surface area contributed by atoms with Crippen LogP contribution in [-0.2, 0) is 11.2 Å². The van der Waals surface area contributed by atoms with Gasteiger partial charge in [0, 0.05) is 5.69 Å². The van der Waals surface area contributed by atoms with E-state index in [0.29, 0.717) is 12.1 Å². The van der Waals surface area contributed by atoms with E-state index in [0.717, 1.165) is 6.42 Å². The zero-order chi connectivity index (χ0) is 14.5. The number of aryl methyl sites for hydroxylation is 1. The summed E-state index contributed by atoms with van der Waals surface area (Å²) in [5.41, 5.74) is 6.49. The van der Waals surface area contributed by atoms with Crippen molar-refractivity contribution in [3.63, 3.8) is 0 Å². The largest absolute Gasteiger partial charge is 0.409 e. The zero-order valence-electron chi connectivity index (χ0n) is 11.6. The molecule has 0 heterocycles. The highest BCUT2D eigenvalue weighted by Crippen LogP contribution is 2.24. The van der Waals surface area contributed by atoms with Crippen molar-refractivity contribution in [1.29, 1.82) is 0 Å². The number of amidine groups is 1. The van der Waals surface area contributed by atoms with Gasteiger partial charge in [-0.3, -0.25) is 4.79 Å². The molecule has 4 N–H and O–H groups in total. The fourth-order valence-electron chi connectivity index (χ4n) is 1.66. The molecular formula is C14H21N3O2. The Labute approximate surface area is 113 Å². The topological polar surface area (TPSA) is 87.7 Å². The second-order valence-electron chi connectivity index (χ2n) is 4.68. The lowest BCUT2D eigenvalue weighted by molar-refractivity contribution is -0.121. The minimum Gasteiger partial charge on any atom is -0.409 e. The molecule has 0 fully saturated rings. The fraction of sp³-hybridized carbons (Fsp3) is 0.429. The van der Waals surface area contributed by atoms with E-state index in [4.69, 9.17) is 10.9 Å². The van der Waals surface area contributed by atoms with Crippen LogP contribution in [0.15, 0.2) is 29.4 Å². The molecule has 0 saturated carbocycles. The average molecular weight is 263 g/mol. The molecule has 1 amide bonds. The highest BCUT2D eigenvalue weighted by atomic mass is 16.4. The summed E-state index contributed by atoms with van der Waals surface area (Å²) in [6.45, 7) is 5.54. The van der Waals surface area contributed by atoms with Gasteiger partial charge in [0.05, 0.1) is 0 Å². The number of nitrogens with zero attached hydrogens (tertiary/aromatic N) is 1. The van der Waals surface area contributed by atoms with Crippen LogP contribution in [0, 0.1) is 5.41 Å². The van der Waals surface area contributed by atoms with Crippen LogP contribution in [0.1, 0.15) is 32.8 Å². The Morgan fingerprint density at radius 1 is 1.37 bits per heavy atom. The summed E-state index contributed by atoms with van der Waals surface area (Å²) < 4.78 is 0. The molecule has 1 aromatic carbocycles. The number of benzene rings is 1. The Balaban J connectivity index is 2.88. The third kappa shape index (κ3) is 3.24. The first kappa shape index (κ1) is 15.0. The molecule has 0 aromatic heterocycles. The van der Waals surface area contributed by atoms with Crippen LogP contribution in [0.4, 0.5) is 5.69 Å². The average Bonchev–Trinajstić information content (AvgIpc) is 2.46. The molecule has 1 rings (SSSR count). The maximum atomic E-state index is 12.2. The molecule has 0 aliphatic heterocycles. The molecule has 0 aliphatic carbocycles. The van der Waals surface area contributed by atoms with Gasteiger partial charge in [-0.2, -0.15) is 0 Å². The summed E-state index contributed by atoms with van der Waals surface area (Å²) in [4.78, 5) is 12.2. The van der Waals surface area contributed by atoms with Crippen molar-refractivity contribution in [2.75, 3.05) is 5.32 Å². The lowest BCUT2D eigenvalue weighted by atomic mass is 9.85. The Morgan fingerprint density at radius 3 is 2.37 bits per heavy atom. The summed E-state index contributed by atoms with van der Waals surface area (Å²) in [6, 6.07) is 7.61. The highest BCUT2D eigenvalue weighted by Gasteiger charge is 2.36. The van der Waals surface area contributed by atoms with Crippen LogP contribution < -0.4 is 11.1 Å². The standard InChI is InChI=1S/C14H21N3O2/c1-4-10-6-8-11(9-7-10)16-13(18)14(3,5-2)12(15)17-19/h6-9,19H,4-5H2,1-3H3,(H2,15,17)(H,16,18). The molecule has 1 aromatic rings. The summed E-state index contributed by atoms with van der Waals surface area (Å²) >= 11 is 0. The van der Waals surface area contributed by atoms with E-state index < -0.39 is 5.41 Å². The lowest BCUT2D eigenvalue weighted by Gasteiger charge is -2.25. The van der Waals surface area contributed by atoms with E-state index in [2.05, 4.69) is 17.4 Å². The summed E-state index contributed by atoms with van der Waals surface area (Å²) in [7, 11) is 0. The fourth-order valence-corrected chi connectivity index (χ4v) is 1.66. The van der Waals surface area contributed by atoms with Gasteiger partial charge in [-0.05, 0) is 37.5 Å².